The van der Waals surface area contributed by atoms with Crippen molar-refractivity contribution in [1.29, 1.82) is 0 Å². The Morgan fingerprint density at radius 2 is 1.96 bits per heavy atom. The number of piperidine rings is 1. The highest BCUT2D eigenvalue weighted by molar-refractivity contribution is 5.84. The molecule has 0 bridgehead atoms. The van der Waals surface area contributed by atoms with Gasteiger partial charge in [-0.2, -0.15) is 5.10 Å². The smallest absolute Gasteiger partial charge is 0.258 e. The fraction of sp³-hybridized carbons (Fsp3) is 0.286. The SMILES string of the molecule is Cn1ncc2cc(-c3cc(=O)n4cc(C5CCNCC5)ccc4n3)ccc21. The van der Waals surface area contributed by atoms with Crippen LogP contribution in [-0.2, 0) is 7.05 Å². The van der Waals surface area contributed by atoms with Crippen molar-refractivity contribution in [3.63, 3.8) is 0 Å². The van der Waals surface area contributed by atoms with Crippen LogP contribution in [0.15, 0.2) is 53.6 Å². The van der Waals surface area contributed by atoms with Crippen LogP contribution in [0.5, 0.6) is 0 Å². The average molecular weight is 359 g/mol. The van der Waals surface area contributed by atoms with Crippen molar-refractivity contribution in [3.8, 4) is 11.3 Å². The number of hydrogen-bond acceptors (Lipinski definition) is 4. The largest absolute Gasteiger partial charge is 0.317 e. The summed E-state index contributed by atoms with van der Waals surface area (Å²) in [6, 6.07) is 11.7. The molecular formula is C21H21N5O. The summed E-state index contributed by atoms with van der Waals surface area (Å²) in [6.45, 7) is 2.07. The van der Waals surface area contributed by atoms with E-state index in [4.69, 9.17) is 4.98 Å². The molecule has 1 N–H and O–H groups in total. The van der Waals surface area contributed by atoms with Crippen LogP contribution in [0.4, 0.5) is 0 Å². The number of hydrogen-bond donors (Lipinski definition) is 1. The molecule has 0 radical (unpaired) electrons. The van der Waals surface area contributed by atoms with Gasteiger partial charge in [0, 0.05) is 30.3 Å². The molecule has 4 heterocycles. The van der Waals surface area contributed by atoms with E-state index in [9.17, 15) is 4.79 Å². The zero-order valence-corrected chi connectivity index (χ0v) is 15.2. The molecule has 0 amide bonds. The Kier molecular flexibility index (Phi) is 3.79. The van der Waals surface area contributed by atoms with Crippen molar-refractivity contribution in [2.75, 3.05) is 13.1 Å². The lowest BCUT2D eigenvalue weighted by molar-refractivity contribution is 0.459. The van der Waals surface area contributed by atoms with Gasteiger partial charge in [0.05, 0.1) is 17.4 Å². The van der Waals surface area contributed by atoms with Crippen molar-refractivity contribution in [2.45, 2.75) is 18.8 Å². The molecule has 6 heteroatoms. The Morgan fingerprint density at radius 1 is 1.11 bits per heavy atom. The third kappa shape index (κ3) is 2.82. The normalized spacial score (nSPS) is 15.6. The first-order valence-electron chi connectivity index (χ1n) is 9.35. The van der Waals surface area contributed by atoms with Gasteiger partial charge in [0.1, 0.15) is 5.65 Å². The second kappa shape index (κ2) is 6.32. The number of rotatable bonds is 2. The summed E-state index contributed by atoms with van der Waals surface area (Å²) in [5.74, 6) is 0.509. The second-order valence-corrected chi connectivity index (χ2v) is 7.24. The quantitative estimate of drug-likeness (QED) is 0.598. The molecule has 1 saturated heterocycles. The molecule has 1 aliphatic rings. The number of pyridine rings is 1. The molecule has 1 fully saturated rings. The van der Waals surface area contributed by atoms with Crippen molar-refractivity contribution in [1.82, 2.24) is 24.5 Å². The maximum Gasteiger partial charge on any atom is 0.258 e. The summed E-state index contributed by atoms with van der Waals surface area (Å²) < 4.78 is 3.51. The molecule has 0 atom stereocenters. The highest BCUT2D eigenvalue weighted by atomic mass is 16.1. The first-order valence-corrected chi connectivity index (χ1v) is 9.35. The van der Waals surface area contributed by atoms with Crippen LogP contribution in [0.1, 0.15) is 24.3 Å². The van der Waals surface area contributed by atoms with E-state index in [1.54, 1.807) is 10.5 Å². The molecule has 1 aliphatic heterocycles. The van der Waals surface area contributed by atoms with Crippen LogP contribution >= 0.6 is 0 Å². The van der Waals surface area contributed by atoms with E-state index in [0.717, 1.165) is 42.4 Å². The fourth-order valence-corrected chi connectivity index (χ4v) is 3.99. The van der Waals surface area contributed by atoms with Gasteiger partial charge in [0.15, 0.2) is 0 Å². The minimum atomic E-state index is -0.0444. The van der Waals surface area contributed by atoms with E-state index in [1.807, 2.05) is 48.4 Å². The molecule has 136 valence electrons. The maximum atomic E-state index is 12.8. The molecule has 5 rings (SSSR count). The van der Waals surface area contributed by atoms with Crippen LogP contribution in [0.2, 0.25) is 0 Å². The van der Waals surface area contributed by atoms with Gasteiger partial charge in [-0.05, 0) is 55.6 Å². The zero-order valence-electron chi connectivity index (χ0n) is 15.2. The lowest BCUT2D eigenvalue weighted by Gasteiger charge is -2.23. The van der Waals surface area contributed by atoms with Crippen molar-refractivity contribution in [2.24, 2.45) is 7.05 Å². The Balaban J connectivity index is 1.58. The molecule has 1 aromatic carbocycles. The molecular weight excluding hydrogens is 338 g/mol. The topological polar surface area (TPSA) is 64.2 Å². The first kappa shape index (κ1) is 16.2. The summed E-state index contributed by atoms with van der Waals surface area (Å²) >= 11 is 0. The summed E-state index contributed by atoms with van der Waals surface area (Å²) in [5, 5.41) is 8.70. The van der Waals surface area contributed by atoms with Crippen LogP contribution in [0.25, 0.3) is 27.8 Å². The third-order valence-electron chi connectivity index (χ3n) is 5.53. The number of aromatic nitrogens is 4. The first-order chi connectivity index (χ1) is 13.2. The Labute approximate surface area is 156 Å². The molecule has 6 nitrogen and oxygen atoms in total. The summed E-state index contributed by atoms with van der Waals surface area (Å²) in [6.07, 6.45) is 6.01. The van der Waals surface area contributed by atoms with E-state index >= 15 is 0 Å². The van der Waals surface area contributed by atoms with Gasteiger partial charge in [-0.1, -0.05) is 12.1 Å². The third-order valence-corrected chi connectivity index (χ3v) is 5.53. The number of benzene rings is 1. The Hall–Kier alpha value is -2.99. The maximum absolute atomic E-state index is 12.8. The van der Waals surface area contributed by atoms with Crippen molar-refractivity contribution in [3.05, 3.63) is 64.7 Å². The predicted octanol–water partition coefficient (Wildman–Crippen LogP) is 2.72. The van der Waals surface area contributed by atoms with E-state index in [2.05, 4.69) is 16.5 Å². The second-order valence-electron chi connectivity index (χ2n) is 7.24. The minimum Gasteiger partial charge on any atom is -0.317 e. The van der Waals surface area contributed by atoms with Gasteiger partial charge >= 0.3 is 0 Å². The molecule has 4 aromatic rings. The predicted molar refractivity (Wildman–Crippen MR) is 106 cm³/mol. The zero-order chi connectivity index (χ0) is 18.4. The number of nitrogens with zero attached hydrogens (tertiary/aromatic N) is 4. The number of nitrogens with one attached hydrogen (secondary N) is 1. The average Bonchev–Trinajstić information content (AvgIpc) is 3.08. The number of fused-ring (bicyclic) bond motifs is 2. The summed E-state index contributed by atoms with van der Waals surface area (Å²) in [5.41, 5.74) is 4.54. The fourth-order valence-electron chi connectivity index (χ4n) is 3.99. The molecule has 0 saturated carbocycles. The van der Waals surface area contributed by atoms with Crippen molar-refractivity contribution < 1.29 is 0 Å². The summed E-state index contributed by atoms with van der Waals surface area (Å²) in [7, 11) is 1.92. The molecule has 0 spiro atoms. The highest BCUT2D eigenvalue weighted by Gasteiger charge is 2.16. The van der Waals surface area contributed by atoms with Crippen LogP contribution in [0.3, 0.4) is 0 Å². The van der Waals surface area contributed by atoms with Gasteiger partial charge in [-0.3, -0.25) is 13.9 Å². The van der Waals surface area contributed by atoms with Gasteiger partial charge in [-0.25, -0.2) is 4.98 Å². The van der Waals surface area contributed by atoms with Crippen molar-refractivity contribution >= 4 is 16.6 Å². The Morgan fingerprint density at radius 3 is 2.81 bits per heavy atom. The van der Waals surface area contributed by atoms with E-state index in [0.29, 0.717) is 17.3 Å². The van der Waals surface area contributed by atoms with Crippen LogP contribution in [0, 0.1) is 0 Å². The molecule has 3 aromatic heterocycles. The standard InChI is InChI=1S/C21H21N5O/c1-25-19-4-2-15(10-17(19)12-23-25)18-11-21(27)26-13-16(3-5-20(26)24-18)14-6-8-22-9-7-14/h2-5,10-14,22H,6-9H2,1H3. The van der Waals surface area contributed by atoms with E-state index in [1.165, 1.54) is 5.56 Å². The number of aryl methyl sites for hydroxylation is 1. The summed E-state index contributed by atoms with van der Waals surface area (Å²) in [4.78, 5) is 17.5. The molecule has 0 aliphatic carbocycles. The lowest BCUT2D eigenvalue weighted by Crippen LogP contribution is -2.27. The van der Waals surface area contributed by atoms with Crippen LogP contribution in [-0.4, -0.2) is 32.3 Å². The molecule has 0 unspecified atom stereocenters. The highest BCUT2D eigenvalue weighted by Crippen LogP contribution is 2.26. The monoisotopic (exact) mass is 359 g/mol. The van der Waals surface area contributed by atoms with Gasteiger partial charge in [0.25, 0.3) is 5.56 Å². The van der Waals surface area contributed by atoms with Gasteiger partial charge in [0.2, 0.25) is 0 Å². The minimum absolute atomic E-state index is 0.0444. The Bertz CT molecular complexity index is 1200. The van der Waals surface area contributed by atoms with Crippen LogP contribution < -0.4 is 10.9 Å². The molecule has 27 heavy (non-hydrogen) atoms. The lowest BCUT2D eigenvalue weighted by atomic mass is 9.91. The van der Waals surface area contributed by atoms with Gasteiger partial charge < -0.3 is 5.32 Å². The van der Waals surface area contributed by atoms with E-state index in [-0.39, 0.29) is 5.56 Å². The van der Waals surface area contributed by atoms with Gasteiger partial charge in [-0.15, -0.1) is 0 Å². The van der Waals surface area contributed by atoms with E-state index < -0.39 is 0 Å².